The van der Waals surface area contributed by atoms with Crippen molar-refractivity contribution >= 4 is 74.1 Å². The van der Waals surface area contributed by atoms with Crippen LogP contribution in [-0.2, 0) is 99.8 Å². The number of aromatic nitrogens is 9. The van der Waals surface area contributed by atoms with Gasteiger partial charge in [-0.25, -0.2) is 51.9 Å². The number of nitriles is 2. The number of halogens is 4. The Labute approximate surface area is 749 Å². The van der Waals surface area contributed by atoms with E-state index in [1.165, 1.54) is 82.9 Å². The van der Waals surface area contributed by atoms with Gasteiger partial charge in [0.15, 0.2) is 29.5 Å². The Balaban J connectivity index is 0.000000167. The number of imidazole rings is 3. The molecule has 3 atom stereocenters. The van der Waals surface area contributed by atoms with Crippen LogP contribution in [0.2, 0.25) is 0 Å². The molecule has 6 aromatic heterocycles. The summed E-state index contributed by atoms with van der Waals surface area (Å²) in [4.78, 5) is 103. The van der Waals surface area contributed by atoms with Gasteiger partial charge >= 0.3 is 11.9 Å². The Hall–Kier alpha value is -16.1. The van der Waals surface area contributed by atoms with Gasteiger partial charge < -0.3 is 54.3 Å². The number of ketones is 2. The van der Waals surface area contributed by atoms with Crippen molar-refractivity contribution in [1.29, 1.82) is 10.5 Å². The third-order valence-corrected chi connectivity index (χ3v) is 22.1. The van der Waals surface area contributed by atoms with Crippen LogP contribution in [0.25, 0.3) is 71.7 Å². The third-order valence-electron chi connectivity index (χ3n) is 22.1. The van der Waals surface area contributed by atoms with Crippen LogP contribution >= 0.6 is 0 Å². The maximum atomic E-state index is 15.6. The van der Waals surface area contributed by atoms with Crippen LogP contribution in [0.15, 0.2) is 231 Å². The molecule has 0 aliphatic heterocycles. The number of carbonyl (C=O) groups is 6. The highest BCUT2D eigenvalue weighted by Gasteiger charge is 2.27. The number of pyridine rings is 3. The number of rotatable bonds is 34. The fraction of sp³-hybridized carbons (Fsp3) is 0.198. The van der Waals surface area contributed by atoms with E-state index in [4.69, 9.17) is 67.4 Å². The topological polar surface area (TPSA) is 376 Å². The second-order valence-corrected chi connectivity index (χ2v) is 30.6. The van der Waals surface area contributed by atoms with Crippen molar-refractivity contribution in [3.63, 3.8) is 0 Å². The van der Waals surface area contributed by atoms with E-state index in [0.717, 1.165) is 56.6 Å². The van der Waals surface area contributed by atoms with Crippen LogP contribution in [0.3, 0.4) is 0 Å². The van der Waals surface area contributed by atoms with Gasteiger partial charge in [0.2, 0.25) is 17.7 Å². The number of amides is 2. The molecule has 1 unspecified atom stereocenters. The number of nitrogens with two attached hydrogens (primary N) is 2. The maximum Gasteiger partial charge on any atom is 0.335 e. The molecular formula is C101H86F4N14O12. The second kappa shape index (κ2) is 42.5. The number of Topliss-reactive ketones (excluding diaryl/α,β-unsaturated/α-hetero) is 2. The minimum Gasteiger partial charge on any atom is -0.478 e. The van der Waals surface area contributed by atoms with E-state index in [-0.39, 0.29) is 84.7 Å². The molecule has 6 N–H and O–H groups in total. The number of benzene rings is 9. The highest BCUT2D eigenvalue weighted by Crippen LogP contribution is 2.32. The minimum atomic E-state index is -1.11. The maximum absolute atomic E-state index is 15.6. The van der Waals surface area contributed by atoms with E-state index in [9.17, 15) is 52.2 Å². The summed E-state index contributed by atoms with van der Waals surface area (Å²) in [5.41, 5.74) is 25.8. The average molecular weight is 1760 g/mol. The van der Waals surface area contributed by atoms with Gasteiger partial charge in [-0.2, -0.15) is 10.5 Å². The third kappa shape index (κ3) is 22.9. The molecule has 15 aromatic rings. The molecule has 0 spiro atoms. The van der Waals surface area contributed by atoms with Gasteiger partial charge in [-0.3, -0.25) is 29.1 Å². The highest BCUT2D eigenvalue weighted by atomic mass is 19.1. The van der Waals surface area contributed by atoms with Crippen molar-refractivity contribution in [2.45, 2.75) is 110 Å². The molecule has 0 saturated carbocycles. The molecule has 131 heavy (non-hydrogen) atoms. The predicted octanol–water partition coefficient (Wildman–Crippen LogP) is 16.7. The first kappa shape index (κ1) is 92.6. The molecule has 6 heterocycles. The number of primary amides is 2. The van der Waals surface area contributed by atoms with Gasteiger partial charge in [-0.15, -0.1) is 0 Å². The van der Waals surface area contributed by atoms with E-state index in [2.05, 4.69) is 14.8 Å². The molecule has 9 aromatic carbocycles. The lowest BCUT2D eigenvalue weighted by Gasteiger charge is -2.17. The van der Waals surface area contributed by atoms with Crippen molar-refractivity contribution in [2.24, 2.45) is 11.5 Å². The normalized spacial score (nSPS) is 11.7. The SMILES string of the molecule is CO[C@@H](Cn1c(Cc2ccc(-c3cccc(CCc4ccc(C#N)cc4F)n3)cc2)nc2ccc(C(C)=O)cc21)C(N)=O.CO[C@H](Cn1c(Cc2ccc(-c3cccc(CCc4ccc(C#N)cc4F)n3)cc2)nc2ccc(C(=O)O)cc21)C(N)=O.[C-]#[N+]c1ccc(COc2cccc(-c3ccc(Cc4nc5ccc(C(=O)O)cc5n4CC(OC)C(=O)CC)c(F)c3)n2)c(F)c1. The van der Waals surface area contributed by atoms with Gasteiger partial charge in [0.1, 0.15) is 53.5 Å². The monoisotopic (exact) mass is 1760 g/mol. The molecule has 15 rings (SSSR count). The zero-order valence-electron chi connectivity index (χ0n) is 71.7. The molecule has 2 amide bonds. The quantitative estimate of drug-likeness (QED) is 0.0165. The molecule has 0 bridgehead atoms. The number of aromatic carboxylic acids is 2. The predicted molar refractivity (Wildman–Crippen MR) is 481 cm³/mol. The van der Waals surface area contributed by atoms with Crippen LogP contribution in [0.4, 0.5) is 23.2 Å². The Morgan fingerprint density at radius 3 is 1.26 bits per heavy atom. The zero-order valence-corrected chi connectivity index (χ0v) is 71.7. The van der Waals surface area contributed by atoms with Crippen LogP contribution in [-0.4, -0.2) is 129 Å². The van der Waals surface area contributed by atoms with Crippen LogP contribution in [0.5, 0.6) is 5.88 Å². The van der Waals surface area contributed by atoms with Crippen molar-refractivity contribution in [3.8, 4) is 51.8 Å². The summed E-state index contributed by atoms with van der Waals surface area (Å²) in [6, 6.07) is 68.5. The minimum absolute atomic E-state index is 0.0587. The van der Waals surface area contributed by atoms with Crippen LogP contribution in [0, 0.1) is 52.5 Å². The zero-order chi connectivity index (χ0) is 93.1. The standard InChI is InChI=1S/C34H28F2N4O5.C34H30FN5O3.C33H28FN5O4/c1-4-30(41)31(44-3)18-40-29-15-22(34(42)43)11-13-28(29)38-32(40)16-20-8-9-21(14-25(20)35)27-6-5-7-33(39-27)45-19-23-10-12-24(37-2)17-26(23)36;1-21(41)26-13-15-30-31(18-26)40(20-32(43-2)34(37)42)33(39-30)17-22-6-10-25(11-7-22)29-5-3-4-27(38-29)14-12-24-9-8-23(19-36)16-28(24)35;1-43-30(32(36)40)19-39-29-17-24(33(41)42)12-14-28(29)38-31(39)16-20-5-9-23(10-6-20)27-4-2-3-25(37-27)13-11-22-8-7-21(18-35)15-26(22)34/h5-15,17,31H,4,16,18-19H2,1,3H3,(H,42,43);3-11,13,15-16,18,32H,12,14,17,20H2,1-2H3,(H2,37,42);2-10,12,14-15,17,30H,11,13,16,19H2,1H3,(H2,36,40)(H,41,42)/t;32-;30-/m.01/s1. The van der Waals surface area contributed by atoms with E-state index in [1.807, 2.05) is 102 Å². The number of carboxylic acid groups (broad SMARTS) is 2. The molecule has 30 heteroatoms. The largest absolute Gasteiger partial charge is 0.478 e. The van der Waals surface area contributed by atoms with Gasteiger partial charge in [-0.05, 0) is 182 Å². The summed E-state index contributed by atoms with van der Waals surface area (Å²) in [5, 5.41) is 36.9. The first-order valence-electron chi connectivity index (χ1n) is 41.4. The molecular weight excluding hydrogens is 1680 g/mol. The van der Waals surface area contributed by atoms with Gasteiger partial charge in [0, 0.05) is 92.3 Å². The summed E-state index contributed by atoms with van der Waals surface area (Å²) in [7, 11) is 4.25. The Morgan fingerprint density at radius 1 is 0.443 bits per heavy atom. The Morgan fingerprint density at radius 2 is 0.847 bits per heavy atom. The molecule has 0 aliphatic rings. The lowest BCUT2D eigenvalue weighted by atomic mass is 10.0. The first-order chi connectivity index (χ1) is 63.2. The lowest BCUT2D eigenvalue weighted by Crippen LogP contribution is -2.34. The number of aryl methyl sites for hydroxylation is 4. The fourth-order valence-electron chi connectivity index (χ4n) is 14.8. The van der Waals surface area contributed by atoms with Crippen LogP contribution in [0.1, 0.15) is 125 Å². The van der Waals surface area contributed by atoms with Gasteiger partial charge in [0.05, 0.1) is 111 Å². The van der Waals surface area contributed by atoms with E-state index >= 15 is 4.39 Å². The number of hydrogen-bond donors (Lipinski definition) is 4. The molecule has 660 valence electrons. The summed E-state index contributed by atoms with van der Waals surface area (Å²) in [5.74, 6) is -3.43. The number of ether oxygens (including phenoxy) is 4. The molecule has 0 radical (unpaired) electrons. The first-order valence-corrected chi connectivity index (χ1v) is 41.4. The second-order valence-electron chi connectivity index (χ2n) is 30.6. The number of methoxy groups -OCH3 is 3. The lowest BCUT2D eigenvalue weighted by molar-refractivity contribution is -0.129. The van der Waals surface area contributed by atoms with Crippen molar-refractivity contribution in [3.05, 3.63) is 355 Å². The number of fused-ring (bicyclic) bond motifs is 3. The highest BCUT2D eigenvalue weighted by molar-refractivity contribution is 5.98. The van der Waals surface area contributed by atoms with E-state index in [1.54, 1.807) is 101 Å². The molecule has 0 aliphatic carbocycles. The van der Waals surface area contributed by atoms with Gasteiger partial charge in [-0.1, -0.05) is 110 Å². The molecule has 0 saturated heterocycles. The summed E-state index contributed by atoms with van der Waals surface area (Å²) in [6.45, 7) is 10.5. The van der Waals surface area contributed by atoms with E-state index < -0.39 is 59.5 Å². The molecule has 0 fully saturated rings. The van der Waals surface area contributed by atoms with Gasteiger partial charge in [0.25, 0.3) is 0 Å². The van der Waals surface area contributed by atoms with E-state index in [0.29, 0.717) is 128 Å². The summed E-state index contributed by atoms with van der Waals surface area (Å²) < 4.78 is 85.5. The average Bonchev–Trinajstić information content (AvgIpc) is 1.66. The summed E-state index contributed by atoms with van der Waals surface area (Å²) in [6.07, 6.45) is 0.681. The molecule has 26 nitrogen and oxygen atoms in total. The number of carboxylic acids is 2. The van der Waals surface area contributed by atoms with Crippen molar-refractivity contribution in [1.82, 2.24) is 43.6 Å². The van der Waals surface area contributed by atoms with Crippen LogP contribution < -0.4 is 16.2 Å². The Kier molecular flexibility index (Phi) is 30.0. The van der Waals surface area contributed by atoms with Crippen molar-refractivity contribution in [2.75, 3.05) is 21.3 Å². The fourth-order valence-corrected chi connectivity index (χ4v) is 14.8. The Bertz CT molecular complexity index is 6700. The number of nitrogens with zero attached hydrogens (tertiary/aromatic N) is 12. The van der Waals surface area contributed by atoms with Crippen molar-refractivity contribution < 1.29 is 75.5 Å². The number of hydrogen-bond acceptors (Lipinski definition) is 18. The summed E-state index contributed by atoms with van der Waals surface area (Å²) >= 11 is 0. The number of carbonyl (C=O) groups excluding carboxylic acids is 4. The smallest absolute Gasteiger partial charge is 0.335 e.